The lowest BCUT2D eigenvalue weighted by atomic mass is 9.98. The van der Waals surface area contributed by atoms with Crippen molar-refractivity contribution < 1.29 is 15.1 Å². The molecule has 0 spiro atoms. The van der Waals surface area contributed by atoms with Crippen LogP contribution >= 0.6 is 11.6 Å². The highest BCUT2D eigenvalue weighted by Crippen LogP contribution is 2.19. The smallest absolute Gasteiger partial charge is 0.327 e. The van der Waals surface area contributed by atoms with Gasteiger partial charge in [-0.1, -0.05) is 17.7 Å². The Balaban J connectivity index is 0.000000288. The summed E-state index contributed by atoms with van der Waals surface area (Å²) in [4.78, 5) is 9.51. The van der Waals surface area contributed by atoms with Gasteiger partial charge in [0.05, 0.1) is 11.1 Å². The number of hydrogen-bond acceptors (Lipinski definition) is 3. The van der Waals surface area contributed by atoms with E-state index in [1.54, 1.807) is 6.92 Å². The number of aliphatic carboxylic acids is 1. The maximum Gasteiger partial charge on any atom is 0.327 e. The topological polar surface area (TPSA) is 69.9 Å². The zero-order valence-corrected chi connectivity index (χ0v) is 9.44. The second-order valence-corrected chi connectivity index (χ2v) is 3.67. The van der Waals surface area contributed by atoms with Gasteiger partial charge < -0.3 is 10.3 Å². The molecule has 1 fully saturated rings. The maximum atomic E-state index is 9.51. The largest absolute Gasteiger partial charge is 0.478 e. The van der Waals surface area contributed by atoms with Crippen LogP contribution in [0.5, 0.6) is 0 Å². The van der Waals surface area contributed by atoms with Gasteiger partial charge in [-0.2, -0.15) is 0 Å². The monoisotopic (exact) mass is 233 g/mol. The molecule has 0 bridgehead atoms. The second-order valence-electron chi connectivity index (χ2n) is 3.14. The van der Waals surface area contributed by atoms with Crippen LogP contribution in [0.1, 0.15) is 32.6 Å². The lowest BCUT2D eigenvalue weighted by molar-refractivity contribution is -0.131. The lowest BCUT2D eigenvalue weighted by Crippen LogP contribution is -2.18. The Bertz CT molecular complexity index is 251. The predicted molar refractivity (Wildman–Crippen MR) is 59.8 cm³/mol. The minimum absolute atomic E-state index is 0.0104. The van der Waals surface area contributed by atoms with E-state index < -0.39 is 5.97 Å². The van der Waals surface area contributed by atoms with Gasteiger partial charge in [-0.05, 0) is 26.2 Å². The zero-order valence-electron chi connectivity index (χ0n) is 8.69. The van der Waals surface area contributed by atoms with Gasteiger partial charge >= 0.3 is 5.97 Å². The molecule has 5 heteroatoms. The van der Waals surface area contributed by atoms with Crippen molar-refractivity contribution in [1.29, 1.82) is 0 Å². The molecule has 1 unspecified atom stereocenters. The summed E-state index contributed by atoms with van der Waals surface area (Å²) in [6, 6.07) is 0. The number of alkyl halides is 1. The van der Waals surface area contributed by atoms with E-state index in [-0.39, 0.29) is 5.38 Å². The number of rotatable bonds is 1. The quantitative estimate of drug-likeness (QED) is 0.317. The average molecular weight is 234 g/mol. The van der Waals surface area contributed by atoms with E-state index in [1.807, 2.05) is 0 Å². The van der Waals surface area contributed by atoms with Crippen LogP contribution in [0.25, 0.3) is 0 Å². The molecule has 1 aliphatic carbocycles. The molecule has 86 valence electrons. The molecule has 0 heterocycles. The van der Waals surface area contributed by atoms with E-state index in [9.17, 15) is 4.79 Å². The SMILES string of the molecule is CC=CC(=O)O.ON=C1CCCCC1Cl. The van der Waals surface area contributed by atoms with Crippen molar-refractivity contribution in [3.8, 4) is 0 Å². The number of hydrogen-bond donors (Lipinski definition) is 2. The minimum Gasteiger partial charge on any atom is -0.478 e. The van der Waals surface area contributed by atoms with Crippen molar-refractivity contribution in [3.63, 3.8) is 0 Å². The van der Waals surface area contributed by atoms with Crippen LogP contribution < -0.4 is 0 Å². The fourth-order valence-corrected chi connectivity index (χ4v) is 1.52. The highest BCUT2D eigenvalue weighted by molar-refractivity contribution is 6.32. The zero-order chi connectivity index (χ0) is 11.7. The molecule has 15 heavy (non-hydrogen) atoms. The Hall–Kier alpha value is -1.03. The molecule has 0 aromatic rings. The maximum absolute atomic E-state index is 9.51. The summed E-state index contributed by atoms with van der Waals surface area (Å²) in [6.07, 6.45) is 6.66. The van der Waals surface area contributed by atoms with Gasteiger partial charge in [-0.15, -0.1) is 11.6 Å². The number of nitrogens with zero attached hydrogens (tertiary/aromatic N) is 1. The molecule has 1 rings (SSSR count). The fraction of sp³-hybridized carbons (Fsp3) is 0.600. The van der Waals surface area contributed by atoms with Crippen LogP contribution in [0.15, 0.2) is 17.3 Å². The molecule has 0 aliphatic heterocycles. The Kier molecular flexibility index (Phi) is 7.72. The second kappa shape index (κ2) is 8.29. The summed E-state index contributed by atoms with van der Waals surface area (Å²) in [5, 5.41) is 19.3. The molecule has 0 saturated heterocycles. The molecule has 1 saturated carbocycles. The Labute approximate surface area is 94.2 Å². The van der Waals surface area contributed by atoms with Crippen LogP contribution in [0, 0.1) is 0 Å². The van der Waals surface area contributed by atoms with Crippen LogP contribution in [0.4, 0.5) is 0 Å². The number of carboxylic acid groups (broad SMARTS) is 1. The third kappa shape index (κ3) is 6.96. The summed E-state index contributed by atoms with van der Waals surface area (Å²) in [5.41, 5.74) is 0.753. The van der Waals surface area contributed by atoms with Crippen LogP contribution in [0.3, 0.4) is 0 Å². The molecule has 0 amide bonds. The molecule has 0 radical (unpaired) electrons. The van der Waals surface area contributed by atoms with Crippen molar-refractivity contribution in [1.82, 2.24) is 0 Å². The third-order valence-electron chi connectivity index (χ3n) is 1.94. The van der Waals surface area contributed by atoms with Crippen molar-refractivity contribution >= 4 is 23.3 Å². The molecular weight excluding hydrogens is 218 g/mol. The summed E-state index contributed by atoms with van der Waals surface area (Å²) in [5.74, 6) is -0.891. The highest BCUT2D eigenvalue weighted by atomic mass is 35.5. The van der Waals surface area contributed by atoms with Gasteiger partial charge in [0.2, 0.25) is 0 Å². The summed E-state index contributed by atoms with van der Waals surface area (Å²) >= 11 is 5.79. The lowest BCUT2D eigenvalue weighted by Gasteiger charge is -2.15. The van der Waals surface area contributed by atoms with Crippen LogP contribution in [0.2, 0.25) is 0 Å². The number of allylic oxidation sites excluding steroid dienone is 1. The molecule has 2 N–H and O–H groups in total. The number of halogens is 1. The molecule has 1 atom stereocenters. The molecule has 1 aliphatic rings. The fourth-order valence-electron chi connectivity index (χ4n) is 1.21. The molecule has 4 nitrogen and oxygen atoms in total. The Morgan fingerprint density at radius 3 is 2.53 bits per heavy atom. The van der Waals surface area contributed by atoms with Gasteiger partial charge in [-0.25, -0.2) is 4.79 Å². The number of carboxylic acids is 1. The average Bonchev–Trinajstić information content (AvgIpc) is 2.19. The molecule has 0 aromatic carbocycles. The van der Waals surface area contributed by atoms with Crippen molar-refractivity contribution in [2.45, 2.75) is 38.0 Å². The standard InChI is InChI=1S/C6H10ClNO.C4H6O2/c7-5-3-1-2-4-6(5)8-9;1-2-3-4(5)6/h5,9H,1-4H2;2-3H,1H3,(H,5,6). The predicted octanol–water partition coefficient (Wildman–Crippen LogP) is 2.65. The minimum atomic E-state index is -0.891. The van der Waals surface area contributed by atoms with Gasteiger partial charge in [0.15, 0.2) is 0 Å². The van der Waals surface area contributed by atoms with E-state index in [2.05, 4.69) is 5.16 Å². The van der Waals surface area contributed by atoms with E-state index >= 15 is 0 Å². The van der Waals surface area contributed by atoms with E-state index in [0.29, 0.717) is 0 Å². The van der Waals surface area contributed by atoms with E-state index in [1.165, 1.54) is 6.08 Å². The Morgan fingerprint density at radius 1 is 1.60 bits per heavy atom. The normalized spacial score (nSPS) is 23.6. The van der Waals surface area contributed by atoms with Gasteiger partial charge in [-0.3, -0.25) is 0 Å². The third-order valence-corrected chi connectivity index (χ3v) is 2.41. The van der Waals surface area contributed by atoms with Crippen LogP contribution in [-0.4, -0.2) is 27.4 Å². The summed E-state index contributed by atoms with van der Waals surface area (Å²) in [6.45, 7) is 1.66. The van der Waals surface area contributed by atoms with Crippen LogP contribution in [-0.2, 0) is 4.79 Å². The first-order valence-corrected chi connectivity index (χ1v) is 5.26. The first-order valence-electron chi connectivity index (χ1n) is 4.82. The highest BCUT2D eigenvalue weighted by Gasteiger charge is 2.17. The van der Waals surface area contributed by atoms with E-state index in [4.69, 9.17) is 21.9 Å². The van der Waals surface area contributed by atoms with Crippen molar-refractivity contribution in [2.24, 2.45) is 5.16 Å². The van der Waals surface area contributed by atoms with Gasteiger partial charge in [0.1, 0.15) is 0 Å². The van der Waals surface area contributed by atoms with E-state index in [0.717, 1.165) is 37.5 Å². The van der Waals surface area contributed by atoms with Crippen molar-refractivity contribution in [2.75, 3.05) is 0 Å². The first kappa shape index (κ1) is 14.0. The Morgan fingerprint density at radius 2 is 2.27 bits per heavy atom. The van der Waals surface area contributed by atoms with Gasteiger partial charge in [0.25, 0.3) is 0 Å². The van der Waals surface area contributed by atoms with Gasteiger partial charge in [0, 0.05) is 6.08 Å². The number of carbonyl (C=O) groups is 1. The molecular formula is C10H16ClNO3. The number of oxime groups is 1. The summed E-state index contributed by atoms with van der Waals surface area (Å²) in [7, 11) is 0. The first-order chi connectivity index (χ1) is 7.11. The molecule has 0 aromatic heterocycles. The summed E-state index contributed by atoms with van der Waals surface area (Å²) < 4.78 is 0. The van der Waals surface area contributed by atoms with Crippen molar-refractivity contribution in [3.05, 3.63) is 12.2 Å².